The summed E-state index contributed by atoms with van der Waals surface area (Å²) >= 11 is 0. The first kappa shape index (κ1) is 24.4. The third-order valence-corrected chi connectivity index (χ3v) is 13.7. The highest BCUT2D eigenvalue weighted by Crippen LogP contribution is 2.76. The molecule has 2 heterocycles. The molecule has 2 unspecified atom stereocenters. The van der Waals surface area contributed by atoms with Crippen LogP contribution in [0.4, 0.5) is 0 Å². The van der Waals surface area contributed by atoms with Crippen molar-refractivity contribution < 1.29 is 24.9 Å². The molecule has 6 fully saturated rings. The van der Waals surface area contributed by atoms with Gasteiger partial charge in [0.05, 0.1) is 17.6 Å². The monoisotopic (exact) mass is 486 g/mol. The fraction of sp³-hybridized carbons (Fsp3) is 0.900. The lowest BCUT2D eigenvalue weighted by molar-refractivity contribution is -0.250. The molecule has 5 nitrogen and oxygen atoms in total. The third kappa shape index (κ3) is 2.46. The van der Waals surface area contributed by atoms with Gasteiger partial charge in [0, 0.05) is 0 Å². The molecule has 2 bridgehead atoms. The quantitative estimate of drug-likeness (QED) is 0.334. The lowest BCUT2D eigenvalue weighted by Gasteiger charge is -2.73. The Kier molecular flexibility index (Phi) is 4.58. The van der Waals surface area contributed by atoms with Gasteiger partial charge in [-0.1, -0.05) is 40.2 Å². The topological polar surface area (TPSA) is 87.0 Å². The van der Waals surface area contributed by atoms with Crippen molar-refractivity contribution in [2.24, 2.45) is 38.9 Å². The zero-order chi connectivity index (χ0) is 25.6. The van der Waals surface area contributed by atoms with Crippen molar-refractivity contribution in [3.8, 4) is 0 Å². The second kappa shape index (κ2) is 6.56. The summed E-state index contributed by atoms with van der Waals surface area (Å²) in [7, 11) is 0. The molecule has 0 radical (unpaired) electrons. The Hall–Kier alpha value is -0.910. The van der Waals surface area contributed by atoms with Crippen LogP contribution in [-0.2, 0) is 9.53 Å². The molecule has 5 heteroatoms. The van der Waals surface area contributed by atoms with E-state index in [1.165, 1.54) is 0 Å². The zero-order valence-electron chi connectivity index (χ0n) is 22.8. The first-order valence-corrected chi connectivity index (χ1v) is 14.1. The van der Waals surface area contributed by atoms with Gasteiger partial charge in [-0.2, -0.15) is 0 Å². The highest BCUT2D eigenvalue weighted by Gasteiger charge is 2.75. The molecule has 35 heavy (non-hydrogen) atoms. The normalized spacial score (nSPS) is 58.6. The van der Waals surface area contributed by atoms with Crippen molar-refractivity contribution in [3.05, 3.63) is 11.1 Å². The number of carbonyl (C=O) groups excluding carboxylic acids is 1. The van der Waals surface area contributed by atoms with Crippen molar-refractivity contribution in [1.82, 2.24) is 0 Å². The number of rotatable bonds is 0. The van der Waals surface area contributed by atoms with Gasteiger partial charge in [0.15, 0.2) is 0 Å². The van der Waals surface area contributed by atoms with E-state index in [0.717, 1.165) is 56.1 Å². The molecule has 1 spiro atoms. The molecular formula is C30H46O5. The number of ether oxygens (including phenoxy) is 1. The van der Waals surface area contributed by atoms with Crippen molar-refractivity contribution in [3.63, 3.8) is 0 Å². The van der Waals surface area contributed by atoms with E-state index in [0.29, 0.717) is 18.8 Å². The Morgan fingerprint density at radius 1 is 0.857 bits per heavy atom. The first-order valence-electron chi connectivity index (χ1n) is 14.1. The predicted molar refractivity (Wildman–Crippen MR) is 133 cm³/mol. The van der Waals surface area contributed by atoms with Gasteiger partial charge in [-0.3, -0.25) is 4.79 Å². The minimum absolute atomic E-state index is 0.0531. The summed E-state index contributed by atoms with van der Waals surface area (Å²) in [6.07, 6.45) is 6.48. The molecule has 2 saturated heterocycles. The number of fused-ring (bicyclic) bond motifs is 7. The minimum atomic E-state index is -1.23. The molecule has 0 aromatic rings. The van der Waals surface area contributed by atoms with E-state index in [4.69, 9.17) is 4.74 Å². The standard InChI is InChI=1S/C30H46O5/c1-24(2)19-8-11-27(5)22(25(19,3)10-9-20(24)32)18(31)16-17-21-29(7,34)28(6)13-15-30(21,23(33)35-28)14-12-26(17,27)4/h18-20,22,31-32,34H,8-16H2,1-7H3/t18-,19?,20-,22?,25-,26+,27+,28-,29-,30+/m0/s1. The fourth-order valence-corrected chi connectivity index (χ4v) is 11.3. The molecule has 2 aliphatic heterocycles. The summed E-state index contributed by atoms with van der Waals surface area (Å²) < 4.78 is 5.93. The van der Waals surface area contributed by atoms with Crippen LogP contribution >= 0.6 is 0 Å². The van der Waals surface area contributed by atoms with E-state index in [-0.39, 0.29) is 39.7 Å². The average molecular weight is 487 g/mol. The fourth-order valence-electron chi connectivity index (χ4n) is 11.3. The lowest BCUT2D eigenvalue weighted by Crippen LogP contribution is -2.72. The van der Waals surface area contributed by atoms with Gasteiger partial charge in [-0.25, -0.2) is 0 Å². The number of aliphatic hydroxyl groups is 3. The summed E-state index contributed by atoms with van der Waals surface area (Å²) in [5, 5.41) is 35.0. The van der Waals surface area contributed by atoms with E-state index in [1.54, 1.807) is 0 Å². The highest BCUT2D eigenvalue weighted by molar-refractivity contribution is 5.86. The largest absolute Gasteiger partial charge is 0.455 e. The Labute approximate surface area is 210 Å². The Bertz CT molecular complexity index is 1030. The van der Waals surface area contributed by atoms with Gasteiger partial charge in [0.25, 0.3) is 0 Å². The number of esters is 1. The zero-order valence-corrected chi connectivity index (χ0v) is 22.8. The van der Waals surface area contributed by atoms with Crippen LogP contribution in [0.15, 0.2) is 11.1 Å². The summed E-state index contributed by atoms with van der Waals surface area (Å²) in [6, 6.07) is 0. The maximum atomic E-state index is 13.4. The number of aliphatic hydroxyl groups excluding tert-OH is 2. The maximum absolute atomic E-state index is 13.4. The van der Waals surface area contributed by atoms with Crippen LogP contribution < -0.4 is 0 Å². The van der Waals surface area contributed by atoms with Crippen LogP contribution in [0.1, 0.15) is 106 Å². The number of carbonyl (C=O) groups is 1. The van der Waals surface area contributed by atoms with Gasteiger partial charge in [0.1, 0.15) is 11.2 Å². The smallest absolute Gasteiger partial charge is 0.316 e. The van der Waals surface area contributed by atoms with Crippen LogP contribution in [0.25, 0.3) is 0 Å². The second-order valence-corrected chi connectivity index (χ2v) is 15.1. The Morgan fingerprint density at radius 3 is 2.17 bits per heavy atom. The third-order valence-electron chi connectivity index (χ3n) is 13.7. The summed E-state index contributed by atoms with van der Waals surface area (Å²) in [5.74, 6) is 0.321. The second-order valence-electron chi connectivity index (χ2n) is 15.1. The molecule has 0 aromatic heterocycles. The van der Waals surface area contributed by atoms with E-state index in [1.807, 2.05) is 13.8 Å². The van der Waals surface area contributed by atoms with E-state index in [9.17, 15) is 20.1 Å². The molecule has 10 atom stereocenters. The summed E-state index contributed by atoms with van der Waals surface area (Å²) in [4.78, 5) is 13.4. The van der Waals surface area contributed by atoms with Gasteiger partial charge in [-0.05, 0) is 111 Å². The molecule has 7 aliphatic rings. The van der Waals surface area contributed by atoms with Crippen LogP contribution in [-0.4, -0.2) is 44.7 Å². The van der Waals surface area contributed by atoms with Crippen molar-refractivity contribution in [2.75, 3.05) is 0 Å². The van der Waals surface area contributed by atoms with Crippen LogP contribution in [0, 0.1) is 38.9 Å². The van der Waals surface area contributed by atoms with Gasteiger partial charge < -0.3 is 20.1 Å². The van der Waals surface area contributed by atoms with Crippen molar-refractivity contribution in [1.29, 1.82) is 0 Å². The Balaban J connectivity index is 1.54. The predicted octanol–water partition coefficient (Wildman–Crippen LogP) is 4.91. The Morgan fingerprint density at radius 2 is 1.51 bits per heavy atom. The highest BCUT2D eigenvalue weighted by atomic mass is 16.6. The van der Waals surface area contributed by atoms with E-state index >= 15 is 0 Å². The van der Waals surface area contributed by atoms with Gasteiger partial charge in [0.2, 0.25) is 0 Å². The van der Waals surface area contributed by atoms with E-state index < -0.39 is 22.7 Å². The number of hydrogen-bond donors (Lipinski definition) is 3. The molecule has 4 saturated carbocycles. The lowest BCUT2D eigenvalue weighted by atomic mass is 9.33. The molecule has 0 aromatic carbocycles. The van der Waals surface area contributed by atoms with Crippen molar-refractivity contribution in [2.45, 2.75) is 130 Å². The van der Waals surface area contributed by atoms with E-state index in [2.05, 4.69) is 34.6 Å². The summed E-state index contributed by atoms with van der Waals surface area (Å²) in [5.41, 5.74) is -1.39. The van der Waals surface area contributed by atoms with Crippen LogP contribution in [0.3, 0.4) is 0 Å². The average Bonchev–Trinajstić information content (AvgIpc) is 2.74. The maximum Gasteiger partial charge on any atom is 0.316 e. The van der Waals surface area contributed by atoms with Crippen LogP contribution in [0.5, 0.6) is 0 Å². The van der Waals surface area contributed by atoms with Gasteiger partial charge >= 0.3 is 5.97 Å². The molecule has 196 valence electrons. The summed E-state index contributed by atoms with van der Waals surface area (Å²) in [6.45, 7) is 15.3. The molecular weight excluding hydrogens is 440 g/mol. The molecule has 7 rings (SSSR count). The molecule has 3 N–H and O–H groups in total. The minimum Gasteiger partial charge on any atom is -0.455 e. The SMILES string of the molecule is CC1(C)C2CC[C@]3(C)C([C@@H](O)CC4=C5[C@]6(CC[C@](C)(OC6=O)[C@@]5(C)O)CC[C@]43C)[C@@]2(C)CC[C@@H]1O. The van der Waals surface area contributed by atoms with Crippen LogP contribution in [0.2, 0.25) is 0 Å². The molecule has 5 aliphatic carbocycles. The first-order chi connectivity index (χ1) is 16.0. The number of hydrogen-bond acceptors (Lipinski definition) is 5. The molecule has 0 amide bonds. The van der Waals surface area contributed by atoms with Crippen molar-refractivity contribution >= 4 is 5.97 Å². The van der Waals surface area contributed by atoms with Gasteiger partial charge in [-0.15, -0.1) is 0 Å².